The lowest BCUT2D eigenvalue weighted by Crippen LogP contribution is -2.54. The predicted octanol–water partition coefficient (Wildman–Crippen LogP) is -0.256. The summed E-state index contributed by atoms with van der Waals surface area (Å²) in [7, 11) is -1.73. The van der Waals surface area contributed by atoms with E-state index in [0.29, 0.717) is 17.3 Å². The van der Waals surface area contributed by atoms with Crippen LogP contribution in [-0.4, -0.2) is 89.0 Å². The molecule has 0 atom stereocenters. The molecule has 9 nitrogen and oxygen atoms in total. The minimum absolute atomic E-state index is 0.0454. The second kappa shape index (κ2) is 10.7. The summed E-state index contributed by atoms with van der Waals surface area (Å²) < 4.78 is 27.1. The van der Waals surface area contributed by atoms with E-state index in [9.17, 15) is 13.2 Å². The Hall–Kier alpha value is -1.69. The Balaban J connectivity index is 1.71. The van der Waals surface area contributed by atoms with Crippen molar-refractivity contribution in [2.45, 2.75) is 24.1 Å². The number of rotatable bonds is 8. The van der Waals surface area contributed by atoms with E-state index in [1.54, 1.807) is 24.6 Å². The number of amides is 1. The highest BCUT2D eigenvalue weighted by atomic mass is 32.2. The fraction of sp³-hybridized carbons (Fsp3) is 0.647. The maximum atomic E-state index is 12.1. The molecule has 0 saturated carbocycles. The number of sulfonamides is 1. The number of hydrogen-bond donors (Lipinski definition) is 3. The van der Waals surface area contributed by atoms with Crippen molar-refractivity contribution in [1.82, 2.24) is 25.2 Å². The SMILES string of the molecule is CN=C(NCCNS(=O)(=O)c1cccs1)N1CCN(CC(=O)NC(C)C)CC1. The van der Waals surface area contributed by atoms with Gasteiger partial charge in [0.15, 0.2) is 5.96 Å². The van der Waals surface area contributed by atoms with E-state index >= 15 is 0 Å². The number of carbonyl (C=O) groups excluding carboxylic acids is 1. The zero-order valence-corrected chi connectivity index (χ0v) is 18.3. The van der Waals surface area contributed by atoms with Crippen LogP contribution in [-0.2, 0) is 14.8 Å². The lowest BCUT2D eigenvalue weighted by atomic mass is 10.3. The first-order valence-corrected chi connectivity index (χ1v) is 11.7. The van der Waals surface area contributed by atoms with Crippen molar-refractivity contribution in [2.75, 3.05) is 52.9 Å². The van der Waals surface area contributed by atoms with Crippen LogP contribution in [0.2, 0.25) is 0 Å². The summed E-state index contributed by atoms with van der Waals surface area (Å²) in [6, 6.07) is 3.44. The van der Waals surface area contributed by atoms with Crippen LogP contribution in [0.25, 0.3) is 0 Å². The molecule has 0 aliphatic carbocycles. The Kier molecular flexibility index (Phi) is 8.67. The van der Waals surface area contributed by atoms with Crippen molar-refractivity contribution in [3.8, 4) is 0 Å². The first-order chi connectivity index (χ1) is 13.3. The molecular weight excluding hydrogens is 400 g/mol. The quantitative estimate of drug-likeness (QED) is 0.298. The predicted molar refractivity (Wildman–Crippen MR) is 112 cm³/mol. The Morgan fingerprint density at radius 2 is 1.96 bits per heavy atom. The van der Waals surface area contributed by atoms with Gasteiger partial charge in [-0.15, -0.1) is 11.3 Å². The molecule has 1 saturated heterocycles. The molecule has 1 aromatic heterocycles. The van der Waals surface area contributed by atoms with E-state index in [2.05, 4.69) is 30.1 Å². The molecule has 1 fully saturated rings. The van der Waals surface area contributed by atoms with Gasteiger partial charge in [0.25, 0.3) is 0 Å². The van der Waals surface area contributed by atoms with Crippen molar-refractivity contribution < 1.29 is 13.2 Å². The molecule has 0 bridgehead atoms. The van der Waals surface area contributed by atoms with Gasteiger partial charge in [-0.25, -0.2) is 13.1 Å². The van der Waals surface area contributed by atoms with Gasteiger partial charge < -0.3 is 15.5 Å². The highest BCUT2D eigenvalue weighted by Crippen LogP contribution is 2.14. The number of guanidine groups is 1. The molecule has 0 unspecified atom stereocenters. The molecule has 0 radical (unpaired) electrons. The minimum Gasteiger partial charge on any atom is -0.355 e. The van der Waals surface area contributed by atoms with Gasteiger partial charge in [-0.2, -0.15) is 0 Å². The van der Waals surface area contributed by atoms with Crippen molar-refractivity contribution in [1.29, 1.82) is 0 Å². The van der Waals surface area contributed by atoms with Gasteiger partial charge in [-0.1, -0.05) is 6.07 Å². The van der Waals surface area contributed by atoms with Crippen LogP contribution in [0.4, 0.5) is 0 Å². The fourth-order valence-electron chi connectivity index (χ4n) is 2.87. The summed E-state index contributed by atoms with van der Waals surface area (Å²) in [6.45, 7) is 8.09. The average Bonchev–Trinajstić information content (AvgIpc) is 3.18. The van der Waals surface area contributed by atoms with Crippen LogP contribution in [0.15, 0.2) is 26.7 Å². The zero-order valence-electron chi connectivity index (χ0n) is 16.6. The summed E-state index contributed by atoms with van der Waals surface area (Å²) >= 11 is 1.19. The van der Waals surface area contributed by atoms with Crippen LogP contribution in [0, 0.1) is 0 Å². The normalized spacial score (nSPS) is 16.4. The highest BCUT2D eigenvalue weighted by molar-refractivity contribution is 7.91. The third-order valence-electron chi connectivity index (χ3n) is 4.16. The van der Waals surface area contributed by atoms with Crippen LogP contribution in [0.1, 0.15) is 13.8 Å². The molecule has 11 heteroatoms. The fourth-order valence-corrected chi connectivity index (χ4v) is 4.94. The van der Waals surface area contributed by atoms with Gasteiger partial charge in [-0.3, -0.25) is 14.7 Å². The van der Waals surface area contributed by atoms with Crippen LogP contribution < -0.4 is 15.4 Å². The maximum absolute atomic E-state index is 12.1. The van der Waals surface area contributed by atoms with E-state index in [0.717, 1.165) is 32.1 Å². The number of piperazine rings is 1. The van der Waals surface area contributed by atoms with Gasteiger partial charge in [0, 0.05) is 52.4 Å². The molecule has 1 aromatic rings. The number of hydrogen-bond acceptors (Lipinski definition) is 6. The molecule has 3 N–H and O–H groups in total. The van der Waals surface area contributed by atoms with Crippen molar-refractivity contribution >= 4 is 33.2 Å². The standard InChI is InChI=1S/C17H30N6O3S2/c1-14(2)21-15(24)13-22-8-10-23(11-9-22)17(18-3)19-6-7-20-28(25,26)16-5-4-12-27-16/h4-5,12,14,20H,6-11,13H2,1-3H3,(H,18,19)(H,21,24). The monoisotopic (exact) mass is 430 g/mol. The van der Waals surface area contributed by atoms with E-state index in [-0.39, 0.29) is 18.5 Å². The maximum Gasteiger partial charge on any atom is 0.250 e. The Morgan fingerprint density at radius 1 is 1.25 bits per heavy atom. The van der Waals surface area contributed by atoms with Gasteiger partial charge in [0.1, 0.15) is 4.21 Å². The second-order valence-corrected chi connectivity index (χ2v) is 9.73. The third-order valence-corrected chi connectivity index (χ3v) is 7.02. The number of aliphatic imine (C=N–C) groups is 1. The van der Waals surface area contributed by atoms with Crippen molar-refractivity contribution in [2.24, 2.45) is 4.99 Å². The van der Waals surface area contributed by atoms with E-state index in [4.69, 9.17) is 0 Å². The van der Waals surface area contributed by atoms with Crippen LogP contribution in [0.5, 0.6) is 0 Å². The smallest absolute Gasteiger partial charge is 0.250 e. The van der Waals surface area contributed by atoms with E-state index in [1.807, 2.05) is 13.8 Å². The lowest BCUT2D eigenvalue weighted by molar-refractivity contribution is -0.123. The summed E-state index contributed by atoms with van der Waals surface area (Å²) in [5.41, 5.74) is 0. The Labute approximate surface area is 171 Å². The third kappa shape index (κ3) is 7.04. The largest absolute Gasteiger partial charge is 0.355 e. The Morgan fingerprint density at radius 3 is 2.54 bits per heavy atom. The molecule has 1 aliphatic heterocycles. The van der Waals surface area contributed by atoms with Gasteiger partial charge in [0.05, 0.1) is 6.54 Å². The number of nitrogens with zero attached hydrogens (tertiary/aromatic N) is 3. The molecule has 2 heterocycles. The molecule has 0 spiro atoms. The topological polar surface area (TPSA) is 106 Å². The molecule has 158 valence electrons. The summed E-state index contributed by atoms with van der Waals surface area (Å²) in [4.78, 5) is 20.4. The first kappa shape index (κ1) is 22.6. The average molecular weight is 431 g/mol. The molecule has 28 heavy (non-hydrogen) atoms. The van der Waals surface area contributed by atoms with Gasteiger partial charge in [-0.05, 0) is 25.3 Å². The minimum atomic E-state index is -3.44. The Bertz CT molecular complexity index is 741. The van der Waals surface area contributed by atoms with Gasteiger partial charge in [0.2, 0.25) is 15.9 Å². The molecular formula is C17H30N6O3S2. The van der Waals surface area contributed by atoms with E-state index in [1.165, 1.54) is 11.3 Å². The molecule has 2 rings (SSSR count). The molecule has 0 aromatic carbocycles. The number of nitrogens with one attached hydrogen (secondary N) is 3. The molecule has 1 aliphatic rings. The van der Waals surface area contributed by atoms with Crippen molar-refractivity contribution in [3.63, 3.8) is 0 Å². The summed E-state index contributed by atoms with van der Waals surface area (Å²) in [6.07, 6.45) is 0. The van der Waals surface area contributed by atoms with E-state index < -0.39 is 10.0 Å². The first-order valence-electron chi connectivity index (χ1n) is 9.32. The second-order valence-electron chi connectivity index (χ2n) is 6.79. The molecule has 1 amide bonds. The number of carbonyl (C=O) groups is 1. The van der Waals surface area contributed by atoms with Gasteiger partial charge >= 0.3 is 0 Å². The van der Waals surface area contributed by atoms with Crippen LogP contribution in [0.3, 0.4) is 0 Å². The summed E-state index contributed by atoms with van der Waals surface area (Å²) in [5.74, 6) is 0.783. The highest BCUT2D eigenvalue weighted by Gasteiger charge is 2.21. The van der Waals surface area contributed by atoms with Crippen LogP contribution >= 0.6 is 11.3 Å². The zero-order chi connectivity index (χ0) is 20.6. The summed E-state index contributed by atoms with van der Waals surface area (Å²) in [5, 5.41) is 7.84. The number of thiophene rings is 1. The van der Waals surface area contributed by atoms with Crippen molar-refractivity contribution in [3.05, 3.63) is 17.5 Å². The lowest BCUT2D eigenvalue weighted by Gasteiger charge is -2.36.